The molecule has 0 atom stereocenters. The molecule has 7 heteroatoms. The third-order valence-electron chi connectivity index (χ3n) is 4.86. The molecule has 132 valence electrons. The van der Waals surface area contributed by atoms with E-state index in [4.69, 9.17) is 4.98 Å². The Morgan fingerprint density at radius 2 is 1.81 bits per heavy atom. The van der Waals surface area contributed by atoms with Crippen molar-refractivity contribution >= 4 is 16.7 Å². The van der Waals surface area contributed by atoms with Gasteiger partial charge < -0.3 is 0 Å². The first-order valence-electron chi connectivity index (χ1n) is 8.71. The van der Waals surface area contributed by atoms with Crippen LogP contribution in [0.5, 0.6) is 0 Å². The van der Waals surface area contributed by atoms with E-state index in [1.165, 1.54) is 0 Å². The number of fused-ring (bicyclic) bond motifs is 3. The Balaban J connectivity index is 1.82. The fourth-order valence-electron chi connectivity index (χ4n) is 3.41. The second-order valence-corrected chi connectivity index (χ2v) is 6.57. The van der Waals surface area contributed by atoms with Crippen molar-refractivity contribution in [2.75, 3.05) is 0 Å². The molecule has 0 fully saturated rings. The molecule has 7 nitrogen and oxygen atoms in total. The summed E-state index contributed by atoms with van der Waals surface area (Å²) in [6.45, 7) is 6.15. The second kappa shape index (κ2) is 5.70. The quantitative estimate of drug-likeness (QED) is 0.485. The van der Waals surface area contributed by atoms with Crippen molar-refractivity contribution in [2.24, 2.45) is 0 Å². The lowest BCUT2D eigenvalue weighted by atomic mass is 10.2. The lowest BCUT2D eigenvalue weighted by Crippen LogP contribution is -2.02. The molecule has 0 N–H and O–H groups in total. The molecular formula is C20H17N7. The van der Waals surface area contributed by atoms with E-state index >= 15 is 0 Å². The summed E-state index contributed by atoms with van der Waals surface area (Å²) in [5.41, 5.74) is 5.68. The Hall–Kier alpha value is -3.61. The maximum Gasteiger partial charge on any atom is 0.183 e. The topological polar surface area (TPSA) is 73.8 Å². The van der Waals surface area contributed by atoms with Gasteiger partial charge in [0.2, 0.25) is 0 Å². The van der Waals surface area contributed by atoms with Gasteiger partial charge in [-0.3, -0.25) is 9.55 Å². The van der Waals surface area contributed by atoms with E-state index in [9.17, 15) is 0 Å². The van der Waals surface area contributed by atoms with Crippen LogP contribution in [0.15, 0.2) is 49.1 Å². The van der Waals surface area contributed by atoms with Crippen LogP contribution in [0.3, 0.4) is 0 Å². The Morgan fingerprint density at radius 3 is 2.59 bits per heavy atom. The zero-order valence-electron chi connectivity index (χ0n) is 15.2. The third kappa shape index (κ3) is 2.32. The van der Waals surface area contributed by atoms with E-state index in [0.717, 1.165) is 45.0 Å². The van der Waals surface area contributed by atoms with Gasteiger partial charge in [-0.05, 0) is 50.6 Å². The molecule has 5 aromatic rings. The van der Waals surface area contributed by atoms with E-state index in [2.05, 4.69) is 38.5 Å². The van der Waals surface area contributed by atoms with E-state index in [0.29, 0.717) is 5.82 Å². The second-order valence-electron chi connectivity index (χ2n) is 6.57. The Kier molecular flexibility index (Phi) is 3.30. The molecule has 0 spiro atoms. The third-order valence-corrected chi connectivity index (χ3v) is 4.86. The van der Waals surface area contributed by atoms with Crippen LogP contribution in [0.4, 0.5) is 0 Å². The zero-order chi connectivity index (χ0) is 18.5. The summed E-state index contributed by atoms with van der Waals surface area (Å²) in [5.74, 6) is 1.49. The number of pyridine rings is 2. The van der Waals surface area contributed by atoms with Crippen LogP contribution < -0.4 is 0 Å². The summed E-state index contributed by atoms with van der Waals surface area (Å²) in [5, 5.41) is 5.57. The van der Waals surface area contributed by atoms with E-state index < -0.39 is 0 Å². The van der Waals surface area contributed by atoms with Gasteiger partial charge >= 0.3 is 0 Å². The van der Waals surface area contributed by atoms with Gasteiger partial charge in [-0.25, -0.2) is 19.5 Å². The molecule has 5 heterocycles. The summed E-state index contributed by atoms with van der Waals surface area (Å²) in [4.78, 5) is 18.3. The summed E-state index contributed by atoms with van der Waals surface area (Å²) < 4.78 is 3.81. The van der Waals surface area contributed by atoms with E-state index in [-0.39, 0.29) is 0 Å². The molecule has 27 heavy (non-hydrogen) atoms. The van der Waals surface area contributed by atoms with Crippen molar-refractivity contribution in [1.29, 1.82) is 0 Å². The van der Waals surface area contributed by atoms with Gasteiger partial charge in [0, 0.05) is 29.3 Å². The Bertz CT molecular complexity index is 1300. The summed E-state index contributed by atoms with van der Waals surface area (Å²) in [6, 6.07) is 9.82. The number of nitrogens with zero attached hydrogens (tertiary/aromatic N) is 7. The summed E-state index contributed by atoms with van der Waals surface area (Å²) in [7, 11) is 0. The minimum Gasteiger partial charge on any atom is -0.282 e. The van der Waals surface area contributed by atoms with Crippen molar-refractivity contribution in [3.8, 4) is 17.2 Å². The molecule has 0 unspecified atom stereocenters. The van der Waals surface area contributed by atoms with Gasteiger partial charge in [0.15, 0.2) is 17.1 Å². The Morgan fingerprint density at radius 1 is 0.926 bits per heavy atom. The Labute approximate surface area is 155 Å². The van der Waals surface area contributed by atoms with Crippen molar-refractivity contribution in [1.82, 2.24) is 34.1 Å². The van der Waals surface area contributed by atoms with Crippen LogP contribution in [-0.2, 0) is 0 Å². The number of rotatable bonds is 2. The van der Waals surface area contributed by atoms with Gasteiger partial charge in [-0.1, -0.05) is 6.07 Å². The highest BCUT2D eigenvalue weighted by atomic mass is 15.3. The predicted molar refractivity (Wildman–Crippen MR) is 103 cm³/mol. The van der Waals surface area contributed by atoms with Crippen LogP contribution in [0.2, 0.25) is 0 Å². The van der Waals surface area contributed by atoms with Crippen LogP contribution >= 0.6 is 0 Å². The highest BCUT2D eigenvalue weighted by Gasteiger charge is 2.19. The average molecular weight is 355 g/mol. The number of hydrogen-bond donors (Lipinski definition) is 0. The first-order valence-corrected chi connectivity index (χ1v) is 8.71. The fraction of sp³-hybridized carbons (Fsp3) is 0.150. The lowest BCUT2D eigenvalue weighted by Gasteiger charge is -2.07. The molecule has 0 aromatic carbocycles. The molecule has 0 radical (unpaired) electrons. The molecule has 0 bridgehead atoms. The fourth-order valence-corrected chi connectivity index (χ4v) is 3.41. The summed E-state index contributed by atoms with van der Waals surface area (Å²) >= 11 is 0. The average Bonchev–Trinajstić information content (AvgIpc) is 3.22. The van der Waals surface area contributed by atoms with Gasteiger partial charge in [0.1, 0.15) is 12.1 Å². The maximum absolute atomic E-state index is 4.78. The van der Waals surface area contributed by atoms with Crippen molar-refractivity contribution < 1.29 is 0 Å². The molecular weight excluding hydrogens is 338 g/mol. The first-order chi connectivity index (χ1) is 13.1. The highest BCUT2D eigenvalue weighted by molar-refractivity contribution is 5.95. The van der Waals surface area contributed by atoms with Crippen LogP contribution in [0.25, 0.3) is 33.9 Å². The zero-order valence-corrected chi connectivity index (χ0v) is 15.2. The van der Waals surface area contributed by atoms with Gasteiger partial charge in [-0.2, -0.15) is 0 Å². The van der Waals surface area contributed by atoms with E-state index in [1.807, 2.05) is 37.3 Å². The maximum atomic E-state index is 4.78. The van der Waals surface area contributed by atoms with E-state index in [1.54, 1.807) is 23.2 Å². The lowest BCUT2D eigenvalue weighted by molar-refractivity contribution is 0.916. The van der Waals surface area contributed by atoms with Crippen molar-refractivity contribution in [3.63, 3.8) is 0 Å². The molecule has 5 rings (SSSR count). The van der Waals surface area contributed by atoms with Crippen molar-refractivity contribution in [2.45, 2.75) is 20.8 Å². The number of hydrogen-bond acceptors (Lipinski definition) is 5. The molecule has 0 aliphatic heterocycles. The van der Waals surface area contributed by atoms with Crippen molar-refractivity contribution in [3.05, 3.63) is 66.0 Å². The van der Waals surface area contributed by atoms with Gasteiger partial charge in [0.05, 0.1) is 5.39 Å². The minimum absolute atomic E-state index is 0.635. The summed E-state index contributed by atoms with van der Waals surface area (Å²) in [6.07, 6.45) is 5.20. The molecule has 0 aliphatic rings. The molecule has 0 aliphatic carbocycles. The largest absolute Gasteiger partial charge is 0.282 e. The van der Waals surface area contributed by atoms with Crippen LogP contribution in [-0.4, -0.2) is 34.1 Å². The monoisotopic (exact) mass is 355 g/mol. The van der Waals surface area contributed by atoms with Crippen LogP contribution in [0, 0.1) is 20.8 Å². The highest BCUT2D eigenvalue weighted by Crippen LogP contribution is 2.30. The predicted octanol–water partition coefficient (Wildman–Crippen LogP) is 3.45. The normalized spacial score (nSPS) is 11.5. The standard InChI is InChI=1S/C20H17N7/c1-12-6-4-8-16(23-12)27-14(3)13(2)17-19(27)22-11-26-20(17)24-18(25-26)15-7-5-9-21-10-15/h4-11H,1-3H3. The molecule has 5 aromatic heterocycles. The van der Waals surface area contributed by atoms with Crippen LogP contribution in [0.1, 0.15) is 17.0 Å². The SMILES string of the molecule is Cc1cccc(-n2c(C)c(C)c3c2ncn2nc(-c4cccnc4)nc32)n1. The minimum atomic E-state index is 0.635. The number of aromatic nitrogens is 7. The van der Waals surface area contributed by atoms with Gasteiger partial charge in [0.25, 0.3) is 0 Å². The van der Waals surface area contributed by atoms with Gasteiger partial charge in [-0.15, -0.1) is 5.10 Å². The first kappa shape index (κ1) is 15.6. The smallest absolute Gasteiger partial charge is 0.183 e. The molecule has 0 saturated carbocycles. The molecule has 0 amide bonds. The molecule has 0 saturated heterocycles. The number of aryl methyl sites for hydroxylation is 2.